The lowest BCUT2D eigenvalue weighted by atomic mass is 10.1. The molecular weight excluding hydrogens is 302 g/mol. The molecule has 1 aromatic carbocycles. The maximum Gasteiger partial charge on any atom is 0.291 e. The van der Waals surface area contributed by atoms with Gasteiger partial charge in [0.25, 0.3) is 5.91 Å². The average Bonchev–Trinajstić information content (AvgIpc) is 2.96. The van der Waals surface area contributed by atoms with Crippen LogP contribution in [-0.4, -0.2) is 46.9 Å². The predicted octanol–water partition coefficient (Wildman–Crippen LogP) is 2.81. The van der Waals surface area contributed by atoms with Crippen LogP contribution in [0.5, 0.6) is 0 Å². The van der Waals surface area contributed by atoms with Gasteiger partial charge in [-0.3, -0.25) is 9.69 Å². The average molecular weight is 327 g/mol. The first-order chi connectivity index (χ1) is 11.6. The normalized spacial score (nSPS) is 15.7. The Morgan fingerprint density at radius 3 is 2.58 bits per heavy atom. The maximum absolute atomic E-state index is 12.6. The van der Waals surface area contributed by atoms with E-state index < -0.39 is 0 Å². The molecule has 2 aromatic rings. The van der Waals surface area contributed by atoms with Crippen molar-refractivity contribution in [2.24, 2.45) is 0 Å². The summed E-state index contributed by atoms with van der Waals surface area (Å²) in [6, 6.07) is 8.60. The summed E-state index contributed by atoms with van der Waals surface area (Å²) in [4.78, 5) is 21.2. The van der Waals surface area contributed by atoms with Crippen molar-refractivity contribution in [3.63, 3.8) is 0 Å². The van der Waals surface area contributed by atoms with E-state index in [9.17, 15) is 4.79 Å². The third-order valence-electron chi connectivity index (χ3n) is 4.49. The van der Waals surface area contributed by atoms with Gasteiger partial charge in [-0.1, -0.05) is 36.8 Å². The van der Waals surface area contributed by atoms with Crippen molar-refractivity contribution in [2.75, 3.05) is 26.2 Å². The number of hydrogen-bond donors (Lipinski definition) is 0. The highest BCUT2D eigenvalue weighted by atomic mass is 16.4. The van der Waals surface area contributed by atoms with Crippen LogP contribution in [-0.2, 0) is 13.0 Å². The predicted molar refractivity (Wildman–Crippen MR) is 93.0 cm³/mol. The smallest absolute Gasteiger partial charge is 0.291 e. The van der Waals surface area contributed by atoms with Crippen LogP contribution in [0.25, 0.3) is 0 Å². The fourth-order valence-corrected chi connectivity index (χ4v) is 3.12. The summed E-state index contributed by atoms with van der Waals surface area (Å²) in [7, 11) is 0. The van der Waals surface area contributed by atoms with Crippen LogP contribution in [0.15, 0.2) is 28.7 Å². The Labute approximate surface area is 143 Å². The van der Waals surface area contributed by atoms with Gasteiger partial charge >= 0.3 is 0 Å². The third-order valence-corrected chi connectivity index (χ3v) is 4.49. The summed E-state index contributed by atoms with van der Waals surface area (Å²) < 4.78 is 5.60. The molecule has 1 aliphatic rings. The molecule has 1 aliphatic heterocycles. The number of hydrogen-bond acceptors (Lipinski definition) is 4. The van der Waals surface area contributed by atoms with Crippen LogP contribution in [0.4, 0.5) is 0 Å². The molecule has 0 bridgehead atoms. The molecule has 0 aliphatic carbocycles. The number of amides is 1. The number of aryl methyl sites for hydroxylation is 3. The molecule has 0 saturated carbocycles. The van der Waals surface area contributed by atoms with Gasteiger partial charge in [-0.05, 0) is 19.4 Å². The largest absolute Gasteiger partial charge is 0.435 e. The molecule has 5 nitrogen and oxygen atoms in total. The minimum Gasteiger partial charge on any atom is -0.435 e. The number of aromatic nitrogens is 1. The van der Waals surface area contributed by atoms with E-state index in [-0.39, 0.29) is 5.91 Å². The number of rotatable bonds is 4. The van der Waals surface area contributed by atoms with Crippen LogP contribution in [0.2, 0.25) is 0 Å². The maximum atomic E-state index is 12.6. The van der Waals surface area contributed by atoms with E-state index >= 15 is 0 Å². The Morgan fingerprint density at radius 1 is 1.21 bits per heavy atom. The molecule has 1 amide bonds. The van der Waals surface area contributed by atoms with Crippen molar-refractivity contribution < 1.29 is 9.21 Å². The zero-order chi connectivity index (χ0) is 17.1. The van der Waals surface area contributed by atoms with Crippen molar-refractivity contribution in [3.05, 3.63) is 52.7 Å². The number of piperazine rings is 1. The number of carbonyl (C=O) groups is 1. The Balaban J connectivity index is 1.58. The quantitative estimate of drug-likeness (QED) is 0.866. The second-order valence-electron chi connectivity index (χ2n) is 6.43. The number of oxazole rings is 1. The monoisotopic (exact) mass is 327 g/mol. The topological polar surface area (TPSA) is 49.6 Å². The number of carbonyl (C=O) groups excluding carboxylic acids is 1. The van der Waals surface area contributed by atoms with Gasteiger partial charge < -0.3 is 9.32 Å². The molecule has 1 aromatic heterocycles. The summed E-state index contributed by atoms with van der Waals surface area (Å²) in [6.45, 7) is 10.1. The third kappa shape index (κ3) is 3.67. The van der Waals surface area contributed by atoms with Gasteiger partial charge in [-0.25, -0.2) is 4.98 Å². The van der Waals surface area contributed by atoms with E-state index in [2.05, 4.69) is 41.1 Å². The van der Waals surface area contributed by atoms with Crippen molar-refractivity contribution in [1.29, 1.82) is 0 Å². The highest BCUT2D eigenvalue weighted by molar-refractivity contribution is 5.92. The first-order valence-electron chi connectivity index (χ1n) is 8.60. The second-order valence-corrected chi connectivity index (χ2v) is 6.43. The zero-order valence-corrected chi connectivity index (χ0v) is 14.7. The molecule has 5 heteroatoms. The molecule has 2 heterocycles. The van der Waals surface area contributed by atoms with Gasteiger partial charge in [0.05, 0.1) is 5.69 Å². The minimum absolute atomic E-state index is 0.0325. The second kappa shape index (κ2) is 7.18. The molecule has 1 saturated heterocycles. The molecule has 0 unspecified atom stereocenters. The van der Waals surface area contributed by atoms with Crippen LogP contribution in [0.3, 0.4) is 0 Å². The van der Waals surface area contributed by atoms with Gasteiger partial charge in [0, 0.05) is 39.1 Å². The van der Waals surface area contributed by atoms with Gasteiger partial charge in [0.15, 0.2) is 5.89 Å². The molecule has 0 spiro atoms. The molecule has 3 rings (SSSR count). The highest BCUT2D eigenvalue weighted by Crippen LogP contribution is 2.16. The Bertz CT molecular complexity index is 715. The van der Waals surface area contributed by atoms with E-state index in [1.165, 1.54) is 11.1 Å². The van der Waals surface area contributed by atoms with Gasteiger partial charge in [-0.15, -0.1) is 0 Å². The number of nitrogens with zero attached hydrogens (tertiary/aromatic N) is 3. The molecular formula is C19H25N3O2. The lowest BCUT2D eigenvalue weighted by molar-refractivity contribution is 0.0595. The fraction of sp³-hybridized carbons (Fsp3) is 0.474. The lowest BCUT2D eigenvalue weighted by Crippen LogP contribution is -2.48. The Morgan fingerprint density at radius 2 is 1.96 bits per heavy atom. The summed E-state index contributed by atoms with van der Waals surface area (Å²) >= 11 is 0. The molecule has 1 fully saturated rings. The van der Waals surface area contributed by atoms with Crippen molar-refractivity contribution in [2.45, 2.75) is 33.7 Å². The molecule has 0 atom stereocenters. The minimum atomic E-state index is -0.0325. The summed E-state index contributed by atoms with van der Waals surface area (Å²) in [6.07, 6.45) is 0.707. The first kappa shape index (κ1) is 16.7. The van der Waals surface area contributed by atoms with E-state index in [4.69, 9.17) is 4.42 Å². The zero-order valence-electron chi connectivity index (χ0n) is 14.7. The fourth-order valence-electron chi connectivity index (χ4n) is 3.12. The Hall–Kier alpha value is -2.14. The van der Waals surface area contributed by atoms with Crippen LogP contribution in [0.1, 0.15) is 40.2 Å². The van der Waals surface area contributed by atoms with Crippen LogP contribution in [0, 0.1) is 13.8 Å². The summed E-state index contributed by atoms with van der Waals surface area (Å²) in [5, 5.41) is 0. The van der Waals surface area contributed by atoms with Gasteiger partial charge in [-0.2, -0.15) is 0 Å². The van der Waals surface area contributed by atoms with Crippen molar-refractivity contribution in [1.82, 2.24) is 14.8 Å². The van der Waals surface area contributed by atoms with Crippen molar-refractivity contribution >= 4 is 5.91 Å². The summed E-state index contributed by atoms with van der Waals surface area (Å²) in [5.74, 6) is 1.00. The van der Waals surface area contributed by atoms with Gasteiger partial charge in [0.1, 0.15) is 0 Å². The van der Waals surface area contributed by atoms with Crippen molar-refractivity contribution in [3.8, 4) is 0 Å². The molecule has 128 valence electrons. The summed E-state index contributed by atoms with van der Waals surface area (Å²) in [5.41, 5.74) is 3.31. The van der Waals surface area contributed by atoms with E-state index in [0.717, 1.165) is 32.7 Å². The SMILES string of the molecule is CCc1nc(C)c(C(=O)N2CCN(Cc3cccc(C)c3)CC2)o1. The number of benzene rings is 1. The molecule has 0 N–H and O–H groups in total. The first-order valence-corrected chi connectivity index (χ1v) is 8.60. The van der Waals surface area contributed by atoms with Crippen LogP contribution >= 0.6 is 0 Å². The highest BCUT2D eigenvalue weighted by Gasteiger charge is 2.26. The standard InChI is InChI=1S/C19H25N3O2/c1-4-17-20-15(3)18(24-17)19(23)22-10-8-21(9-11-22)13-16-7-5-6-14(2)12-16/h5-7,12H,4,8-11,13H2,1-3H3. The van der Waals surface area contributed by atoms with E-state index in [1.54, 1.807) is 0 Å². The molecule has 24 heavy (non-hydrogen) atoms. The van der Waals surface area contributed by atoms with E-state index in [0.29, 0.717) is 23.8 Å². The van der Waals surface area contributed by atoms with Crippen LogP contribution < -0.4 is 0 Å². The Kier molecular flexibility index (Phi) is 5.00. The van der Waals surface area contributed by atoms with Gasteiger partial charge in [0.2, 0.25) is 5.76 Å². The molecule has 0 radical (unpaired) electrons. The lowest BCUT2D eigenvalue weighted by Gasteiger charge is -2.34. The van der Waals surface area contributed by atoms with E-state index in [1.807, 2.05) is 18.7 Å².